The molecule has 0 bridgehead atoms. The molecule has 11 nitrogen and oxygen atoms in total. The van der Waals surface area contributed by atoms with Crippen molar-refractivity contribution in [2.24, 2.45) is 0 Å². The van der Waals surface area contributed by atoms with Crippen molar-refractivity contribution >= 4 is 23.2 Å². The molecule has 0 aliphatic carbocycles. The fourth-order valence-corrected chi connectivity index (χ4v) is 5.01. The summed E-state index contributed by atoms with van der Waals surface area (Å²) in [5.74, 6) is 1.47. The summed E-state index contributed by atoms with van der Waals surface area (Å²) in [4.78, 5) is 33.2. The number of benzene rings is 1. The van der Waals surface area contributed by atoms with Gasteiger partial charge in [-0.1, -0.05) is 45.0 Å². The molecule has 0 unspecified atom stereocenters. The maximum absolute atomic E-state index is 12.8. The van der Waals surface area contributed by atoms with Crippen LogP contribution in [0.5, 0.6) is 0 Å². The van der Waals surface area contributed by atoms with Crippen LogP contribution in [0.2, 0.25) is 0 Å². The molecule has 1 aliphatic heterocycles. The number of nitrogens with one attached hydrogen (secondary N) is 3. The summed E-state index contributed by atoms with van der Waals surface area (Å²) in [6.07, 6.45) is 2.40. The van der Waals surface area contributed by atoms with Crippen LogP contribution in [-0.2, 0) is 11.8 Å². The van der Waals surface area contributed by atoms with E-state index in [1.807, 2.05) is 58.9 Å². The second-order valence-electron chi connectivity index (χ2n) is 11.6. The lowest BCUT2D eigenvalue weighted by Crippen LogP contribution is -2.44. The number of carbonyl (C=O) groups excluding carboxylic acids is 1. The monoisotopic (exact) mass is 569 g/mol. The number of hydrogen-bond donors (Lipinski definition) is 3. The summed E-state index contributed by atoms with van der Waals surface area (Å²) in [5.41, 5.74) is 5.69. The molecule has 1 atom stereocenters. The number of amides is 1. The molecule has 220 valence electrons. The molecule has 0 saturated carbocycles. The number of aromatic nitrogens is 5. The van der Waals surface area contributed by atoms with E-state index in [4.69, 9.17) is 9.51 Å². The highest BCUT2D eigenvalue weighted by molar-refractivity contribution is 5.89. The average Bonchev–Trinajstić information content (AvgIpc) is 3.49. The number of hydrogen-bond acceptors (Lipinski definition) is 10. The van der Waals surface area contributed by atoms with Gasteiger partial charge in [0.1, 0.15) is 18.0 Å². The average molecular weight is 570 g/mol. The van der Waals surface area contributed by atoms with Crippen LogP contribution in [0.15, 0.2) is 47.2 Å². The number of piperazine rings is 1. The van der Waals surface area contributed by atoms with E-state index in [1.54, 1.807) is 6.33 Å². The van der Waals surface area contributed by atoms with Crippen molar-refractivity contribution in [3.8, 4) is 11.3 Å². The molecule has 1 aromatic carbocycles. The topological polar surface area (TPSA) is 134 Å². The molecule has 5 rings (SSSR count). The summed E-state index contributed by atoms with van der Waals surface area (Å²) in [7, 11) is 0. The van der Waals surface area contributed by atoms with Crippen LogP contribution in [0.3, 0.4) is 0 Å². The van der Waals surface area contributed by atoms with Crippen molar-refractivity contribution in [2.75, 3.05) is 36.4 Å². The van der Waals surface area contributed by atoms with E-state index in [0.717, 1.165) is 66.5 Å². The predicted octanol–water partition coefficient (Wildman–Crippen LogP) is 4.73. The van der Waals surface area contributed by atoms with Crippen molar-refractivity contribution in [2.45, 2.75) is 59.4 Å². The number of aryl methyl sites for hydroxylation is 2. The Kier molecular flexibility index (Phi) is 8.49. The SMILES string of the molecule is CCc1nc(Nc2cc(-c3ccc([C@@H](C)NC(=O)c4nc(C(C)(C)C)no4)c(C)c3)ncn2)ccc1N1CCNCC1. The third-order valence-corrected chi connectivity index (χ3v) is 7.34. The fraction of sp³-hybridized carbons (Fsp3) is 0.419. The van der Waals surface area contributed by atoms with Crippen LogP contribution < -0.4 is 20.9 Å². The van der Waals surface area contributed by atoms with Crippen molar-refractivity contribution < 1.29 is 9.32 Å². The zero-order valence-electron chi connectivity index (χ0n) is 25.2. The first kappa shape index (κ1) is 29.1. The van der Waals surface area contributed by atoms with Gasteiger partial charge in [0, 0.05) is 43.2 Å². The van der Waals surface area contributed by atoms with Gasteiger partial charge in [-0.2, -0.15) is 4.98 Å². The number of anilines is 3. The van der Waals surface area contributed by atoms with Crippen molar-refractivity contribution in [3.05, 3.63) is 71.3 Å². The fourth-order valence-electron chi connectivity index (χ4n) is 5.01. The van der Waals surface area contributed by atoms with E-state index in [0.29, 0.717) is 11.6 Å². The van der Waals surface area contributed by atoms with Crippen LogP contribution in [-0.4, -0.2) is 57.2 Å². The molecule has 42 heavy (non-hydrogen) atoms. The molecule has 1 saturated heterocycles. The maximum atomic E-state index is 12.8. The minimum Gasteiger partial charge on any atom is -0.368 e. The van der Waals surface area contributed by atoms with Gasteiger partial charge in [0.25, 0.3) is 0 Å². The Labute approximate surface area is 246 Å². The van der Waals surface area contributed by atoms with Gasteiger partial charge in [-0.15, -0.1) is 0 Å². The lowest BCUT2D eigenvalue weighted by atomic mass is 9.96. The number of nitrogens with zero attached hydrogens (tertiary/aromatic N) is 6. The van der Waals surface area contributed by atoms with Gasteiger partial charge in [-0.05, 0) is 49.6 Å². The van der Waals surface area contributed by atoms with E-state index in [2.05, 4.69) is 60.0 Å². The highest BCUT2D eigenvalue weighted by Crippen LogP contribution is 2.28. The van der Waals surface area contributed by atoms with E-state index in [-0.39, 0.29) is 17.3 Å². The van der Waals surface area contributed by atoms with E-state index in [1.165, 1.54) is 5.69 Å². The van der Waals surface area contributed by atoms with Gasteiger partial charge in [-0.25, -0.2) is 15.0 Å². The molecule has 3 aromatic heterocycles. The Morgan fingerprint density at radius 3 is 2.55 bits per heavy atom. The summed E-state index contributed by atoms with van der Waals surface area (Å²) in [6, 6.07) is 11.9. The van der Waals surface area contributed by atoms with Gasteiger partial charge in [0.15, 0.2) is 5.82 Å². The molecule has 11 heteroatoms. The lowest BCUT2D eigenvalue weighted by molar-refractivity contribution is 0.0895. The number of pyridine rings is 1. The second kappa shape index (κ2) is 12.2. The summed E-state index contributed by atoms with van der Waals surface area (Å²) >= 11 is 0. The molecule has 3 N–H and O–H groups in total. The van der Waals surface area contributed by atoms with E-state index in [9.17, 15) is 4.79 Å². The second-order valence-corrected chi connectivity index (χ2v) is 11.6. The molecule has 0 radical (unpaired) electrons. The first-order valence-electron chi connectivity index (χ1n) is 14.4. The molecule has 1 amide bonds. The molecule has 4 heterocycles. The van der Waals surface area contributed by atoms with Gasteiger partial charge in [-0.3, -0.25) is 4.79 Å². The summed E-state index contributed by atoms with van der Waals surface area (Å²) in [5, 5.41) is 13.7. The van der Waals surface area contributed by atoms with Crippen molar-refractivity contribution in [3.63, 3.8) is 0 Å². The Balaban J connectivity index is 1.28. The molecule has 1 aliphatic rings. The van der Waals surface area contributed by atoms with E-state index < -0.39 is 5.91 Å². The van der Waals surface area contributed by atoms with Crippen LogP contribution in [0, 0.1) is 6.92 Å². The van der Waals surface area contributed by atoms with Gasteiger partial charge in [0.2, 0.25) is 0 Å². The summed E-state index contributed by atoms with van der Waals surface area (Å²) in [6.45, 7) is 15.9. The predicted molar refractivity (Wildman–Crippen MR) is 163 cm³/mol. The molecular weight excluding hydrogens is 530 g/mol. The van der Waals surface area contributed by atoms with Gasteiger partial charge >= 0.3 is 11.8 Å². The van der Waals surface area contributed by atoms with Crippen LogP contribution in [0.4, 0.5) is 17.3 Å². The molecule has 4 aromatic rings. The Morgan fingerprint density at radius 1 is 1.07 bits per heavy atom. The van der Waals surface area contributed by atoms with Crippen LogP contribution in [0.1, 0.15) is 74.0 Å². The Morgan fingerprint density at radius 2 is 1.86 bits per heavy atom. The molecule has 0 spiro atoms. The molecule has 1 fully saturated rings. The number of rotatable bonds is 8. The van der Waals surface area contributed by atoms with Crippen LogP contribution >= 0.6 is 0 Å². The standard InChI is InChI=1S/C31H39N9O2/c1-7-23-25(40-14-12-32-13-15-40)10-11-26(36-23)37-27-17-24(33-18-34-27)21-8-9-22(19(2)16-21)20(3)35-28(41)29-38-30(39-42-29)31(4,5)6/h8-11,16-18,20,32H,7,12-15H2,1-6H3,(H,35,41)(H,33,34,36,37)/t20-/m1/s1. The quantitative estimate of drug-likeness (QED) is 0.273. The minimum atomic E-state index is -0.402. The van der Waals surface area contributed by atoms with Gasteiger partial charge < -0.3 is 25.4 Å². The lowest BCUT2D eigenvalue weighted by Gasteiger charge is -2.30. The zero-order valence-corrected chi connectivity index (χ0v) is 25.2. The minimum absolute atomic E-state index is 0.0407. The zero-order chi connectivity index (χ0) is 29.9. The Hall–Kier alpha value is -4.38. The first-order chi connectivity index (χ1) is 20.1. The van der Waals surface area contributed by atoms with Gasteiger partial charge in [0.05, 0.1) is 23.1 Å². The largest absolute Gasteiger partial charge is 0.368 e. The van der Waals surface area contributed by atoms with E-state index >= 15 is 0 Å². The summed E-state index contributed by atoms with van der Waals surface area (Å²) < 4.78 is 5.19. The van der Waals surface area contributed by atoms with Crippen LogP contribution in [0.25, 0.3) is 11.3 Å². The van der Waals surface area contributed by atoms with Crippen molar-refractivity contribution in [1.29, 1.82) is 0 Å². The maximum Gasteiger partial charge on any atom is 0.315 e. The van der Waals surface area contributed by atoms with Crippen molar-refractivity contribution in [1.82, 2.24) is 35.7 Å². The highest BCUT2D eigenvalue weighted by Gasteiger charge is 2.25. The molecular formula is C31H39N9O2. The first-order valence-corrected chi connectivity index (χ1v) is 14.4. The highest BCUT2D eigenvalue weighted by atomic mass is 16.5. The number of carbonyl (C=O) groups is 1. The Bertz CT molecular complexity index is 1550. The smallest absolute Gasteiger partial charge is 0.315 e. The third-order valence-electron chi connectivity index (χ3n) is 7.34. The third kappa shape index (κ3) is 6.57. The normalized spacial score (nSPS) is 14.5.